The fraction of sp³-hybridized carbons (Fsp3) is 0.182. The van der Waals surface area contributed by atoms with Gasteiger partial charge in [0.1, 0.15) is 19.3 Å². The minimum absolute atomic E-state index is 0.120. The summed E-state index contributed by atoms with van der Waals surface area (Å²) in [5.41, 5.74) is 2.07. The Morgan fingerprint density at radius 3 is 2.20 bits per heavy atom. The largest absolute Gasteiger partial charge is 0.486 e. The van der Waals surface area contributed by atoms with Crippen LogP contribution in [0.25, 0.3) is 0 Å². The predicted molar refractivity (Wildman–Crippen MR) is 115 cm³/mol. The summed E-state index contributed by atoms with van der Waals surface area (Å²) in [7, 11) is -3.88. The van der Waals surface area contributed by atoms with E-state index in [1.807, 2.05) is 6.92 Å². The molecule has 8 heteroatoms. The van der Waals surface area contributed by atoms with Gasteiger partial charge in [-0.2, -0.15) is 0 Å². The minimum Gasteiger partial charge on any atom is -0.486 e. The highest BCUT2D eigenvalue weighted by Gasteiger charge is 2.24. The van der Waals surface area contributed by atoms with Crippen molar-refractivity contribution in [1.82, 2.24) is 0 Å². The van der Waals surface area contributed by atoms with Crippen molar-refractivity contribution in [2.45, 2.75) is 17.9 Å². The Balaban J connectivity index is 1.77. The molecule has 0 bridgehead atoms. The molecule has 156 valence electrons. The second kappa shape index (κ2) is 8.18. The van der Waals surface area contributed by atoms with Crippen LogP contribution in [-0.4, -0.2) is 26.7 Å². The standard InChI is InChI=1S/C22H20ClNO5S/c1-14-2-8-17(9-3-14)30(26,27)24-19-13-21-20(28-10-11-29-21)12-18(19)22(25)15-4-6-16(23)7-5-15/h2-9,12-13,22,24-25H,10-11H2,1H3. The summed E-state index contributed by atoms with van der Waals surface area (Å²) in [6.45, 7) is 2.61. The number of rotatable bonds is 5. The van der Waals surface area contributed by atoms with Gasteiger partial charge in [0.05, 0.1) is 10.6 Å². The average molecular weight is 446 g/mol. The van der Waals surface area contributed by atoms with Crippen LogP contribution >= 0.6 is 11.6 Å². The van der Waals surface area contributed by atoms with Gasteiger partial charge >= 0.3 is 0 Å². The fourth-order valence-corrected chi connectivity index (χ4v) is 4.37. The first-order valence-corrected chi connectivity index (χ1v) is 11.2. The van der Waals surface area contributed by atoms with E-state index in [0.29, 0.717) is 40.9 Å². The summed E-state index contributed by atoms with van der Waals surface area (Å²) in [5, 5.41) is 11.5. The van der Waals surface area contributed by atoms with Gasteiger partial charge in [-0.15, -0.1) is 0 Å². The van der Waals surface area contributed by atoms with E-state index in [1.54, 1.807) is 42.5 Å². The Labute approximate surface area is 180 Å². The highest BCUT2D eigenvalue weighted by atomic mass is 35.5. The van der Waals surface area contributed by atoms with E-state index in [9.17, 15) is 13.5 Å². The molecule has 6 nitrogen and oxygen atoms in total. The zero-order chi connectivity index (χ0) is 21.3. The van der Waals surface area contributed by atoms with Gasteiger partial charge in [0.25, 0.3) is 10.0 Å². The first-order chi connectivity index (χ1) is 14.3. The number of hydrogen-bond acceptors (Lipinski definition) is 5. The van der Waals surface area contributed by atoms with E-state index < -0.39 is 16.1 Å². The second-order valence-corrected chi connectivity index (χ2v) is 9.07. The smallest absolute Gasteiger partial charge is 0.261 e. The summed E-state index contributed by atoms with van der Waals surface area (Å²) < 4.78 is 39.7. The molecule has 0 amide bonds. The van der Waals surface area contributed by atoms with Crippen LogP contribution in [0.3, 0.4) is 0 Å². The molecule has 0 radical (unpaired) electrons. The molecule has 1 aliphatic rings. The van der Waals surface area contributed by atoms with Crippen molar-refractivity contribution in [1.29, 1.82) is 0 Å². The molecule has 2 N–H and O–H groups in total. The number of aryl methyl sites for hydroxylation is 1. The van der Waals surface area contributed by atoms with Gasteiger partial charge < -0.3 is 14.6 Å². The number of hydrogen-bond donors (Lipinski definition) is 2. The molecule has 4 rings (SSSR count). The third kappa shape index (κ3) is 4.23. The summed E-state index contributed by atoms with van der Waals surface area (Å²) in [5.74, 6) is 0.859. The lowest BCUT2D eigenvalue weighted by molar-refractivity contribution is 0.170. The van der Waals surface area contributed by atoms with Gasteiger partial charge in [0.2, 0.25) is 0 Å². The molecule has 0 saturated heterocycles. The third-order valence-electron chi connectivity index (χ3n) is 4.77. The Morgan fingerprint density at radius 2 is 1.57 bits per heavy atom. The van der Waals surface area contributed by atoms with Crippen molar-refractivity contribution in [2.75, 3.05) is 17.9 Å². The van der Waals surface area contributed by atoms with Crippen molar-refractivity contribution >= 4 is 27.3 Å². The molecule has 0 fully saturated rings. The lowest BCUT2D eigenvalue weighted by atomic mass is 9.99. The van der Waals surface area contributed by atoms with E-state index >= 15 is 0 Å². The number of nitrogens with one attached hydrogen (secondary N) is 1. The van der Waals surface area contributed by atoms with Gasteiger partial charge in [-0.05, 0) is 42.8 Å². The first kappa shape index (κ1) is 20.5. The Bertz CT molecular complexity index is 1160. The maximum absolute atomic E-state index is 13.0. The van der Waals surface area contributed by atoms with Gasteiger partial charge in [0, 0.05) is 16.7 Å². The SMILES string of the molecule is Cc1ccc(S(=O)(=O)Nc2cc3c(cc2C(O)c2ccc(Cl)cc2)OCCO3)cc1. The zero-order valence-electron chi connectivity index (χ0n) is 16.1. The average Bonchev–Trinajstić information content (AvgIpc) is 2.73. The molecule has 3 aromatic carbocycles. The fourth-order valence-electron chi connectivity index (χ4n) is 3.16. The molecule has 3 aromatic rings. The van der Waals surface area contributed by atoms with Crippen LogP contribution in [-0.2, 0) is 10.0 Å². The van der Waals surface area contributed by atoms with Crippen LogP contribution in [0.15, 0.2) is 65.6 Å². The van der Waals surface area contributed by atoms with E-state index in [0.717, 1.165) is 5.56 Å². The molecule has 0 aromatic heterocycles. The Kier molecular flexibility index (Phi) is 5.60. The van der Waals surface area contributed by atoms with Crippen molar-refractivity contribution in [3.05, 3.63) is 82.4 Å². The van der Waals surface area contributed by atoms with Crippen molar-refractivity contribution < 1.29 is 23.0 Å². The Hall–Kier alpha value is -2.74. The Morgan fingerprint density at radius 1 is 0.967 bits per heavy atom. The number of ether oxygens (including phenoxy) is 2. The molecule has 1 heterocycles. The van der Waals surface area contributed by atoms with Crippen LogP contribution in [0.4, 0.5) is 5.69 Å². The maximum Gasteiger partial charge on any atom is 0.261 e. The number of sulfonamides is 1. The molecule has 30 heavy (non-hydrogen) atoms. The van der Waals surface area contributed by atoms with Crippen LogP contribution < -0.4 is 14.2 Å². The number of halogens is 1. The van der Waals surface area contributed by atoms with E-state index in [1.165, 1.54) is 18.2 Å². The van der Waals surface area contributed by atoms with Gasteiger partial charge in [-0.25, -0.2) is 8.42 Å². The summed E-state index contributed by atoms with van der Waals surface area (Å²) in [6.07, 6.45) is -1.10. The van der Waals surface area contributed by atoms with E-state index in [2.05, 4.69) is 4.72 Å². The maximum atomic E-state index is 13.0. The molecule has 0 spiro atoms. The number of anilines is 1. The molecular weight excluding hydrogens is 426 g/mol. The van der Waals surface area contributed by atoms with E-state index in [-0.39, 0.29) is 10.6 Å². The number of aliphatic hydroxyl groups excluding tert-OH is 1. The van der Waals surface area contributed by atoms with E-state index in [4.69, 9.17) is 21.1 Å². The third-order valence-corrected chi connectivity index (χ3v) is 6.40. The molecule has 1 aliphatic heterocycles. The highest BCUT2D eigenvalue weighted by molar-refractivity contribution is 7.92. The molecule has 0 saturated carbocycles. The number of benzene rings is 3. The zero-order valence-corrected chi connectivity index (χ0v) is 17.7. The lowest BCUT2D eigenvalue weighted by Crippen LogP contribution is -2.19. The second-order valence-electron chi connectivity index (χ2n) is 6.96. The summed E-state index contributed by atoms with van der Waals surface area (Å²) in [4.78, 5) is 0.120. The summed E-state index contributed by atoms with van der Waals surface area (Å²) in [6, 6.07) is 16.3. The van der Waals surface area contributed by atoms with Crippen LogP contribution in [0, 0.1) is 6.92 Å². The van der Waals surface area contributed by atoms with Crippen LogP contribution in [0.2, 0.25) is 5.02 Å². The van der Waals surface area contributed by atoms with Crippen molar-refractivity contribution in [3.8, 4) is 11.5 Å². The number of aliphatic hydroxyl groups is 1. The van der Waals surface area contributed by atoms with Gasteiger partial charge in [0.15, 0.2) is 11.5 Å². The summed E-state index contributed by atoms with van der Waals surface area (Å²) >= 11 is 5.94. The van der Waals surface area contributed by atoms with Gasteiger partial charge in [-0.1, -0.05) is 41.4 Å². The van der Waals surface area contributed by atoms with Crippen LogP contribution in [0.5, 0.6) is 11.5 Å². The van der Waals surface area contributed by atoms with Gasteiger partial charge in [-0.3, -0.25) is 4.72 Å². The quantitative estimate of drug-likeness (QED) is 0.611. The first-order valence-electron chi connectivity index (χ1n) is 9.30. The molecule has 1 atom stereocenters. The number of fused-ring (bicyclic) bond motifs is 1. The predicted octanol–water partition coefficient (Wildman–Crippen LogP) is 4.30. The highest BCUT2D eigenvalue weighted by Crippen LogP contribution is 2.40. The molecule has 1 unspecified atom stereocenters. The molecule has 0 aliphatic carbocycles. The molecular formula is C22H20ClNO5S. The minimum atomic E-state index is -3.88. The monoisotopic (exact) mass is 445 g/mol. The lowest BCUT2D eigenvalue weighted by Gasteiger charge is -2.24. The van der Waals surface area contributed by atoms with Crippen molar-refractivity contribution in [3.63, 3.8) is 0 Å². The normalized spacial score (nSPS) is 14.2. The van der Waals surface area contributed by atoms with Crippen LogP contribution in [0.1, 0.15) is 22.8 Å². The van der Waals surface area contributed by atoms with Crippen molar-refractivity contribution in [2.24, 2.45) is 0 Å². The topological polar surface area (TPSA) is 84.9 Å².